The van der Waals surface area contributed by atoms with Crippen molar-refractivity contribution in [3.8, 4) is 22.6 Å². The molecule has 0 fully saturated rings. The largest absolute Gasteiger partial charge is 0.420 e. The zero-order valence-electron chi connectivity index (χ0n) is 16.2. The van der Waals surface area contributed by atoms with Gasteiger partial charge in [-0.3, -0.25) is 9.36 Å². The summed E-state index contributed by atoms with van der Waals surface area (Å²) < 4.78 is 8.89. The Morgan fingerprint density at radius 3 is 2.17 bits per heavy atom. The molecule has 0 saturated heterocycles. The predicted molar refractivity (Wildman–Crippen MR) is 109 cm³/mol. The number of aryl methyl sites for hydroxylation is 1. The number of rotatable bonds is 6. The topological polar surface area (TPSA) is 82.9 Å². The molecule has 0 aliphatic rings. The molecule has 0 atom stereocenters. The first-order valence-electron chi connectivity index (χ1n) is 9.31. The van der Waals surface area contributed by atoms with Gasteiger partial charge in [-0.1, -0.05) is 65.9 Å². The van der Waals surface area contributed by atoms with E-state index in [-0.39, 0.29) is 5.78 Å². The van der Waals surface area contributed by atoms with Crippen LogP contribution in [-0.2, 0) is 13.1 Å². The average Bonchev–Trinajstić information content (AvgIpc) is 3.27. The zero-order chi connectivity index (χ0) is 20.4. The molecule has 2 heterocycles. The summed E-state index contributed by atoms with van der Waals surface area (Å²) >= 11 is 0. The van der Waals surface area contributed by atoms with E-state index in [4.69, 9.17) is 4.42 Å². The lowest BCUT2D eigenvalue weighted by atomic mass is 10.1. The minimum atomic E-state index is -0.438. The summed E-state index contributed by atoms with van der Waals surface area (Å²) in [6.07, 6.45) is 0. The van der Waals surface area contributed by atoms with Crippen LogP contribution in [0, 0.1) is 6.92 Å². The van der Waals surface area contributed by atoms with Gasteiger partial charge in [0.15, 0.2) is 17.2 Å². The summed E-state index contributed by atoms with van der Waals surface area (Å²) in [4.78, 5) is 24.3. The van der Waals surface area contributed by atoms with E-state index >= 15 is 0 Å². The molecule has 0 unspecified atom stereocenters. The Morgan fingerprint density at radius 2 is 1.59 bits per heavy atom. The maximum Gasteiger partial charge on any atom is 0.420 e. The van der Waals surface area contributed by atoms with E-state index in [1.807, 2.05) is 60.7 Å². The monoisotopic (exact) mass is 388 g/mol. The SMILES string of the molecule is CC(=O)c1nnn(CCn2c(-c3ccccc3)c(-c3ccccc3)oc2=O)c1C. The molecule has 2 aromatic carbocycles. The number of nitrogens with zero attached hydrogens (tertiary/aromatic N) is 4. The molecule has 0 radical (unpaired) electrons. The van der Waals surface area contributed by atoms with Crippen molar-refractivity contribution in [2.75, 3.05) is 0 Å². The first-order chi connectivity index (χ1) is 14.1. The van der Waals surface area contributed by atoms with Gasteiger partial charge >= 0.3 is 5.76 Å². The van der Waals surface area contributed by atoms with E-state index in [9.17, 15) is 9.59 Å². The molecule has 0 N–H and O–H groups in total. The van der Waals surface area contributed by atoms with Crippen molar-refractivity contribution in [1.29, 1.82) is 0 Å². The second-order valence-electron chi connectivity index (χ2n) is 6.73. The van der Waals surface area contributed by atoms with Crippen molar-refractivity contribution in [3.05, 3.63) is 82.6 Å². The summed E-state index contributed by atoms with van der Waals surface area (Å²) in [5, 5.41) is 7.98. The second-order valence-corrected chi connectivity index (χ2v) is 6.73. The molecule has 4 aromatic rings. The number of carbonyl (C=O) groups excluding carboxylic acids is 1. The van der Waals surface area contributed by atoms with Gasteiger partial charge in [-0.05, 0) is 6.92 Å². The van der Waals surface area contributed by atoms with Crippen molar-refractivity contribution in [3.63, 3.8) is 0 Å². The Labute approximate surface area is 167 Å². The van der Waals surface area contributed by atoms with E-state index in [0.717, 1.165) is 11.1 Å². The van der Waals surface area contributed by atoms with Crippen LogP contribution < -0.4 is 5.76 Å². The molecule has 146 valence electrons. The summed E-state index contributed by atoms with van der Waals surface area (Å²) in [6, 6.07) is 19.2. The summed E-state index contributed by atoms with van der Waals surface area (Å²) in [5.74, 6) is -0.0423. The van der Waals surface area contributed by atoms with Gasteiger partial charge in [0.2, 0.25) is 0 Å². The summed E-state index contributed by atoms with van der Waals surface area (Å²) in [7, 11) is 0. The van der Waals surface area contributed by atoms with Crippen molar-refractivity contribution in [1.82, 2.24) is 19.6 Å². The molecular formula is C22H20N4O3. The van der Waals surface area contributed by atoms with Crippen LogP contribution in [0.5, 0.6) is 0 Å². The molecule has 4 rings (SSSR count). The highest BCUT2D eigenvalue weighted by Gasteiger charge is 2.20. The number of hydrogen-bond acceptors (Lipinski definition) is 5. The fourth-order valence-corrected chi connectivity index (χ4v) is 3.37. The number of oxazole rings is 1. The lowest BCUT2D eigenvalue weighted by Gasteiger charge is -2.09. The Kier molecular flexibility index (Phi) is 4.95. The van der Waals surface area contributed by atoms with Gasteiger partial charge in [-0.15, -0.1) is 5.10 Å². The maximum absolute atomic E-state index is 12.7. The lowest BCUT2D eigenvalue weighted by Crippen LogP contribution is -2.20. The minimum absolute atomic E-state index is 0.134. The molecule has 0 saturated carbocycles. The van der Waals surface area contributed by atoms with E-state index in [0.29, 0.717) is 35.9 Å². The van der Waals surface area contributed by atoms with E-state index in [2.05, 4.69) is 10.3 Å². The molecule has 0 aliphatic heterocycles. The molecule has 0 amide bonds. The third kappa shape index (κ3) is 3.54. The Bertz CT molecular complexity index is 1200. The smallest absolute Gasteiger partial charge is 0.407 e. The van der Waals surface area contributed by atoms with Crippen molar-refractivity contribution >= 4 is 5.78 Å². The number of aromatic nitrogens is 4. The zero-order valence-corrected chi connectivity index (χ0v) is 16.2. The quantitative estimate of drug-likeness (QED) is 0.472. The molecular weight excluding hydrogens is 368 g/mol. The fraction of sp³-hybridized carbons (Fsp3) is 0.182. The van der Waals surface area contributed by atoms with Gasteiger partial charge in [0.1, 0.15) is 0 Å². The highest BCUT2D eigenvalue weighted by atomic mass is 16.4. The third-order valence-corrected chi connectivity index (χ3v) is 4.83. The fourth-order valence-electron chi connectivity index (χ4n) is 3.37. The number of Topliss-reactive ketones (excluding diaryl/α,β-unsaturated/α-hetero) is 1. The van der Waals surface area contributed by atoms with Crippen molar-refractivity contribution in [2.45, 2.75) is 26.9 Å². The van der Waals surface area contributed by atoms with Gasteiger partial charge in [0, 0.05) is 24.6 Å². The minimum Gasteiger partial charge on any atom is -0.407 e. The molecule has 7 nitrogen and oxygen atoms in total. The van der Waals surface area contributed by atoms with Gasteiger partial charge in [-0.2, -0.15) is 0 Å². The van der Waals surface area contributed by atoms with Crippen LogP contribution in [0.25, 0.3) is 22.6 Å². The Hall–Kier alpha value is -3.74. The predicted octanol–water partition coefficient (Wildman–Crippen LogP) is 3.58. The van der Waals surface area contributed by atoms with Crippen LogP contribution in [0.3, 0.4) is 0 Å². The van der Waals surface area contributed by atoms with Crippen LogP contribution in [0.1, 0.15) is 23.1 Å². The van der Waals surface area contributed by atoms with E-state index in [1.165, 1.54) is 6.92 Å². The Balaban J connectivity index is 1.77. The highest BCUT2D eigenvalue weighted by Crippen LogP contribution is 2.31. The second kappa shape index (κ2) is 7.71. The van der Waals surface area contributed by atoms with Crippen LogP contribution in [0.2, 0.25) is 0 Å². The summed E-state index contributed by atoms with van der Waals surface area (Å²) in [5.41, 5.74) is 3.46. The third-order valence-electron chi connectivity index (χ3n) is 4.83. The molecule has 0 spiro atoms. The number of ketones is 1. The number of benzene rings is 2. The lowest BCUT2D eigenvalue weighted by molar-refractivity contribution is 0.101. The number of hydrogen-bond donors (Lipinski definition) is 0. The number of carbonyl (C=O) groups is 1. The molecule has 7 heteroatoms. The van der Waals surface area contributed by atoms with Crippen LogP contribution in [0.4, 0.5) is 0 Å². The van der Waals surface area contributed by atoms with Gasteiger partial charge in [0.25, 0.3) is 0 Å². The normalized spacial score (nSPS) is 11.0. The first-order valence-corrected chi connectivity index (χ1v) is 9.31. The highest BCUT2D eigenvalue weighted by molar-refractivity contribution is 5.92. The summed E-state index contributed by atoms with van der Waals surface area (Å²) in [6.45, 7) is 3.98. The molecule has 2 aromatic heterocycles. The first kappa shape index (κ1) is 18.6. The van der Waals surface area contributed by atoms with E-state index in [1.54, 1.807) is 16.2 Å². The molecule has 0 aliphatic carbocycles. The molecule has 29 heavy (non-hydrogen) atoms. The van der Waals surface area contributed by atoms with Crippen LogP contribution in [0.15, 0.2) is 69.9 Å². The molecule has 0 bridgehead atoms. The van der Waals surface area contributed by atoms with Gasteiger partial charge < -0.3 is 4.42 Å². The Morgan fingerprint density at radius 1 is 0.966 bits per heavy atom. The standard InChI is InChI=1S/C22H20N4O3/c1-15-19(16(2)27)23-24-26(15)14-13-25-20(17-9-5-3-6-10-17)21(29-22(25)28)18-11-7-4-8-12-18/h3-12H,13-14H2,1-2H3. The van der Waals surface area contributed by atoms with Crippen LogP contribution >= 0.6 is 0 Å². The van der Waals surface area contributed by atoms with Gasteiger partial charge in [-0.25, -0.2) is 9.48 Å². The van der Waals surface area contributed by atoms with Crippen LogP contribution in [-0.4, -0.2) is 25.3 Å². The van der Waals surface area contributed by atoms with Crippen molar-refractivity contribution < 1.29 is 9.21 Å². The average molecular weight is 388 g/mol. The van der Waals surface area contributed by atoms with Gasteiger partial charge in [0.05, 0.1) is 17.9 Å². The van der Waals surface area contributed by atoms with Crippen molar-refractivity contribution in [2.24, 2.45) is 0 Å². The van der Waals surface area contributed by atoms with E-state index < -0.39 is 5.76 Å². The maximum atomic E-state index is 12.7.